The van der Waals surface area contributed by atoms with Gasteiger partial charge in [0.1, 0.15) is 5.82 Å². The van der Waals surface area contributed by atoms with Gasteiger partial charge in [0, 0.05) is 44.1 Å². The summed E-state index contributed by atoms with van der Waals surface area (Å²) in [6.07, 6.45) is 3.39. The van der Waals surface area contributed by atoms with Gasteiger partial charge in [-0.1, -0.05) is 0 Å². The van der Waals surface area contributed by atoms with E-state index in [0.717, 1.165) is 30.6 Å². The SMILES string of the molecule is Cc1cc(F)ccc1N1CCC[C@H](NC(=O)c2ccc(=O)n(C)c2)C1. The molecule has 25 heavy (non-hydrogen) atoms. The number of nitrogens with zero attached hydrogens (tertiary/aromatic N) is 2. The highest BCUT2D eigenvalue weighted by molar-refractivity contribution is 5.94. The Morgan fingerprint density at radius 1 is 1.28 bits per heavy atom. The molecule has 2 aromatic rings. The van der Waals surface area contributed by atoms with Crippen LogP contribution in [0.5, 0.6) is 0 Å². The first-order chi connectivity index (χ1) is 11.9. The quantitative estimate of drug-likeness (QED) is 0.930. The lowest BCUT2D eigenvalue weighted by atomic mass is 10.0. The number of aromatic nitrogens is 1. The Balaban J connectivity index is 1.70. The van der Waals surface area contributed by atoms with Gasteiger partial charge in [0.15, 0.2) is 0 Å². The van der Waals surface area contributed by atoms with Crippen molar-refractivity contribution in [3.63, 3.8) is 0 Å². The first kappa shape index (κ1) is 17.2. The van der Waals surface area contributed by atoms with Crippen molar-refractivity contribution in [1.29, 1.82) is 0 Å². The van der Waals surface area contributed by atoms with Gasteiger partial charge in [-0.15, -0.1) is 0 Å². The van der Waals surface area contributed by atoms with Crippen molar-refractivity contribution in [3.8, 4) is 0 Å². The number of carbonyl (C=O) groups is 1. The summed E-state index contributed by atoms with van der Waals surface area (Å²) in [5.41, 5.74) is 2.22. The van der Waals surface area contributed by atoms with Gasteiger partial charge in [-0.05, 0) is 49.6 Å². The van der Waals surface area contributed by atoms with Crippen LogP contribution >= 0.6 is 0 Å². The number of aryl methyl sites for hydroxylation is 2. The number of anilines is 1. The Kier molecular flexibility index (Phi) is 4.88. The maximum absolute atomic E-state index is 13.3. The van der Waals surface area contributed by atoms with E-state index in [1.54, 1.807) is 25.4 Å². The Labute approximate surface area is 146 Å². The number of halogens is 1. The van der Waals surface area contributed by atoms with E-state index in [0.29, 0.717) is 12.1 Å². The third-order valence-corrected chi connectivity index (χ3v) is 4.60. The second-order valence-electron chi connectivity index (χ2n) is 6.56. The monoisotopic (exact) mass is 343 g/mol. The lowest BCUT2D eigenvalue weighted by Gasteiger charge is -2.35. The van der Waals surface area contributed by atoms with Crippen molar-refractivity contribution in [3.05, 3.63) is 63.8 Å². The lowest BCUT2D eigenvalue weighted by Crippen LogP contribution is -2.48. The molecular weight excluding hydrogens is 321 g/mol. The molecule has 1 aromatic heterocycles. The smallest absolute Gasteiger partial charge is 0.253 e. The van der Waals surface area contributed by atoms with Crippen molar-refractivity contribution >= 4 is 11.6 Å². The zero-order valence-corrected chi connectivity index (χ0v) is 14.5. The number of rotatable bonds is 3. The predicted molar refractivity (Wildman–Crippen MR) is 95.5 cm³/mol. The first-order valence-electron chi connectivity index (χ1n) is 8.42. The molecule has 1 aromatic carbocycles. The molecule has 0 spiro atoms. The Morgan fingerprint density at radius 2 is 2.08 bits per heavy atom. The second kappa shape index (κ2) is 7.09. The second-order valence-corrected chi connectivity index (χ2v) is 6.56. The van der Waals surface area contributed by atoms with E-state index >= 15 is 0 Å². The van der Waals surface area contributed by atoms with Gasteiger partial charge in [-0.2, -0.15) is 0 Å². The number of hydrogen-bond donors (Lipinski definition) is 1. The molecule has 1 saturated heterocycles. The Morgan fingerprint density at radius 3 is 2.80 bits per heavy atom. The van der Waals surface area contributed by atoms with Gasteiger partial charge >= 0.3 is 0 Å². The van der Waals surface area contributed by atoms with Crippen molar-refractivity contribution in [2.75, 3.05) is 18.0 Å². The fraction of sp³-hybridized carbons (Fsp3) is 0.368. The molecule has 132 valence electrons. The molecular formula is C19H22FN3O2. The highest BCUT2D eigenvalue weighted by Crippen LogP contribution is 2.24. The highest BCUT2D eigenvalue weighted by atomic mass is 19.1. The molecule has 3 rings (SSSR count). The fourth-order valence-electron chi connectivity index (χ4n) is 3.28. The molecule has 6 heteroatoms. The van der Waals surface area contributed by atoms with Crippen molar-refractivity contribution in [2.24, 2.45) is 7.05 Å². The normalized spacial score (nSPS) is 17.4. The lowest BCUT2D eigenvalue weighted by molar-refractivity contribution is 0.0932. The molecule has 0 unspecified atom stereocenters. The molecule has 0 radical (unpaired) electrons. The zero-order valence-electron chi connectivity index (χ0n) is 14.5. The molecule has 2 heterocycles. The van der Waals surface area contributed by atoms with E-state index in [2.05, 4.69) is 10.2 Å². The minimum absolute atomic E-state index is 0.0166. The molecule has 1 N–H and O–H groups in total. The summed E-state index contributed by atoms with van der Waals surface area (Å²) in [6.45, 7) is 3.47. The molecule has 0 bridgehead atoms. The van der Waals surface area contributed by atoms with Gasteiger partial charge < -0.3 is 14.8 Å². The van der Waals surface area contributed by atoms with Crippen molar-refractivity contribution in [2.45, 2.75) is 25.8 Å². The van der Waals surface area contributed by atoms with E-state index in [1.165, 1.54) is 22.8 Å². The maximum Gasteiger partial charge on any atom is 0.253 e. The number of carbonyl (C=O) groups excluding carboxylic acids is 1. The highest BCUT2D eigenvalue weighted by Gasteiger charge is 2.23. The molecule has 5 nitrogen and oxygen atoms in total. The standard InChI is InChI=1S/C19H22FN3O2/c1-13-10-15(20)6-7-17(13)23-9-3-4-16(12-23)21-19(25)14-5-8-18(24)22(2)11-14/h5-8,10-11,16H,3-4,9,12H2,1-2H3,(H,21,25)/t16-/m0/s1. The summed E-state index contributed by atoms with van der Waals surface area (Å²) in [7, 11) is 1.62. The van der Waals surface area contributed by atoms with Crippen LogP contribution in [0.4, 0.5) is 10.1 Å². The van der Waals surface area contributed by atoms with Gasteiger partial charge in [0.05, 0.1) is 5.56 Å². The summed E-state index contributed by atoms with van der Waals surface area (Å²) in [4.78, 5) is 26.1. The van der Waals surface area contributed by atoms with E-state index in [4.69, 9.17) is 0 Å². The summed E-state index contributed by atoms with van der Waals surface area (Å²) in [5, 5.41) is 3.04. The molecule has 0 aliphatic carbocycles. The van der Waals surface area contributed by atoms with E-state index in [9.17, 15) is 14.0 Å². The topological polar surface area (TPSA) is 54.3 Å². The summed E-state index contributed by atoms with van der Waals surface area (Å²) < 4.78 is 14.7. The minimum atomic E-state index is -0.238. The Hall–Kier alpha value is -2.63. The predicted octanol–water partition coefficient (Wildman–Crippen LogP) is 2.23. The fourth-order valence-corrected chi connectivity index (χ4v) is 3.28. The van der Waals surface area contributed by atoms with Crippen molar-refractivity contribution < 1.29 is 9.18 Å². The van der Waals surface area contributed by atoms with Crippen LogP contribution in [0.1, 0.15) is 28.8 Å². The van der Waals surface area contributed by atoms with Gasteiger partial charge in [0.25, 0.3) is 5.91 Å². The summed E-state index contributed by atoms with van der Waals surface area (Å²) in [6, 6.07) is 7.74. The largest absolute Gasteiger partial charge is 0.369 e. The van der Waals surface area contributed by atoms with Crippen LogP contribution in [0.3, 0.4) is 0 Å². The Bertz CT molecular complexity index is 847. The van der Waals surface area contributed by atoms with Crippen molar-refractivity contribution in [1.82, 2.24) is 9.88 Å². The molecule has 0 saturated carbocycles. The average Bonchev–Trinajstić information content (AvgIpc) is 2.57. The summed E-state index contributed by atoms with van der Waals surface area (Å²) >= 11 is 0. The number of hydrogen-bond acceptors (Lipinski definition) is 3. The first-order valence-corrected chi connectivity index (χ1v) is 8.42. The van der Waals surface area contributed by atoms with Crippen LogP contribution in [0.15, 0.2) is 41.3 Å². The van der Waals surface area contributed by atoms with Crippen LogP contribution in [-0.4, -0.2) is 29.6 Å². The van der Waals surface area contributed by atoms with Gasteiger partial charge in [-0.25, -0.2) is 4.39 Å². The van der Waals surface area contributed by atoms with Crippen LogP contribution in [0.2, 0.25) is 0 Å². The number of nitrogens with one attached hydrogen (secondary N) is 1. The van der Waals surface area contributed by atoms with Gasteiger partial charge in [0.2, 0.25) is 5.56 Å². The molecule has 1 aliphatic heterocycles. The van der Waals surface area contributed by atoms with Crippen LogP contribution in [0.25, 0.3) is 0 Å². The maximum atomic E-state index is 13.3. The van der Waals surface area contributed by atoms with Crippen LogP contribution in [-0.2, 0) is 7.05 Å². The zero-order chi connectivity index (χ0) is 18.0. The third kappa shape index (κ3) is 3.90. The van der Waals surface area contributed by atoms with Crippen LogP contribution < -0.4 is 15.8 Å². The number of benzene rings is 1. The van der Waals surface area contributed by atoms with Crippen LogP contribution in [0, 0.1) is 12.7 Å². The minimum Gasteiger partial charge on any atom is -0.369 e. The molecule has 1 aliphatic rings. The number of amides is 1. The van der Waals surface area contributed by atoms with Gasteiger partial charge in [-0.3, -0.25) is 9.59 Å². The number of piperidine rings is 1. The molecule has 1 atom stereocenters. The molecule has 1 fully saturated rings. The molecule has 1 amide bonds. The van der Waals surface area contributed by atoms with E-state index in [-0.39, 0.29) is 23.3 Å². The van der Waals surface area contributed by atoms with E-state index < -0.39 is 0 Å². The average molecular weight is 343 g/mol. The number of pyridine rings is 1. The third-order valence-electron chi connectivity index (χ3n) is 4.60. The van der Waals surface area contributed by atoms with E-state index in [1.807, 2.05) is 6.92 Å². The summed E-state index contributed by atoms with van der Waals surface area (Å²) in [5.74, 6) is -0.420.